The standard InChI is InChI=1S/C38H46O7/c1-30-36(39)16-10-7-9-15-35(44-28-31-19-23-33(41-2)24-20-31)14-8-5-4-6-11-18-38(40)43-27-13-12-17-37(30)45-29-32-21-25-34(42-3)26-22-32/h4-11,16,18-26,30,35,37H,12-15,17,27-29H2,1-3H3/b6-4+,8-5+,9-7+,16-10+,18-11+/t30-,35+,37-/m0/s1. The predicted molar refractivity (Wildman–Crippen MR) is 177 cm³/mol. The van der Waals surface area contributed by atoms with Crippen LogP contribution in [0.2, 0.25) is 0 Å². The van der Waals surface area contributed by atoms with Gasteiger partial charge in [-0.05, 0) is 73.6 Å². The van der Waals surface area contributed by atoms with Crippen LogP contribution in [-0.4, -0.2) is 44.8 Å². The Bertz CT molecular complexity index is 1300. The van der Waals surface area contributed by atoms with Gasteiger partial charge in [-0.1, -0.05) is 79.8 Å². The number of carbonyl (C=O) groups is 2. The third-order valence-corrected chi connectivity index (χ3v) is 7.41. The number of ketones is 1. The van der Waals surface area contributed by atoms with Crippen LogP contribution in [0.5, 0.6) is 11.5 Å². The van der Waals surface area contributed by atoms with E-state index in [4.69, 9.17) is 23.7 Å². The number of hydrogen-bond acceptors (Lipinski definition) is 7. The second kappa shape index (κ2) is 20.7. The zero-order chi connectivity index (χ0) is 32.1. The van der Waals surface area contributed by atoms with Crippen LogP contribution in [0, 0.1) is 5.92 Å². The minimum atomic E-state index is -0.384. The van der Waals surface area contributed by atoms with Crippen LogP contribution in [-0.2, 0) is 37.0 Å². The molecule has 7 heteroatoms. The highest BCUT2D eigenvalue weighted by atomic mass is 16.5. The van der Waals surface area contributed by atoms with E-state index in [2.05, 4.69) is 0 Å². The monoisotopic (exact) mass is 614 g/mol. The van der Waals surface area contributed by atoms with Gasteiger partial charge >= 0.3 is 5.97 Å². The van der Waals surface area contributed by atoms with E-state index in [0.29, 0.717) is 45.5 Å². The van der Waals surface area contributed by atoms with Gasteiger partial charge in [-0.15, -0.1) is 0 Å². The molecule has 0 radical (unpaired) electrons. The molecule has 0 bridgehead atoms. The molecule has 45 heavy (non-hydrogen) atoms. The van der Waals surface area contributed by atoms with E-state index in [9.17, 15) is 9.59 Å². The smallest absolute Gasteiger partial charge is 0.330 e. The number of carbonyl (C=O) groups excluding carboxylic acids is 2. The highest BCUT2D eigenvalue weighted by Crippen LogP contribution is 2.20. The van der Waals surface area contributed by atoms with Crippen molar-refractivity contribution < 1.29 is 33.3 Å². The fraction of sp³-hybridized carbons (Fsp3) is 0.368. The number of rotatable bonds is 8. The van der Waals surface area contributed by atoms with Crippen LogP contribution < -0.4 is 9.47 Å². The largest absolute Gasteiger partial charge is 0.497 e. The van der Waals surface area contributed by atoms with Gasteiger partial charge in [-0.25, -0.2) is 4.79 Å². The van der Waals surface area contributed by atoms with Gasteiger partial charge in [-0.2, -0.15) is 0 Å². The molecule has 3 atom stereocenters. The normalized spacial score (nSPS) is 24.2. The van der Waals surface area contributed by atoms with Crippen LogP contribution in [0.4, 0.5) is 0 Å². The Morgan fingerprint density at radius 3 is 1.87 bits per heavy atom. The number of benzene rings is 2. The van der Waals surface area contributed by atoms with E-state index in [1.165, 1.54) is 6.08 Å². The van der Waals surface area contributed by atoms with E-state index in [-0.39, 0.29) is 29.9 Å². The Balaban J connectivity index is 1.67. The lowest BCUT2D eigenvalue weighted by atomic mass is 9.94. The summed E-state index contributed by atoms with van der Waals surface area (Å²) >= 11 is 0. The molecule has 1 aliphatic rings. The van der Waals surface area contributed by atoms with E-state index in [1.807, 2.05) is 85.8 Å². The third-order valence-electron chi connectivity index (χ3n) is 7.41. The van der Waals surface area contributed by atoms with Gasteiger partial charge in [0.2, 0.25) is 0 Å². The number of esters is 1. The van der Waals surface area contributed by atoms with E-state index < -0.39 is 0 Å². The topological polar surface area (TPSA) is 80.3 Å². The second-order valence-electron chi connectivity index (χ2n) is 10.8. The SMILES string of the molecule is COc1ccc(CO[C@@H]2C/C=C/C=C/C=C/C(=O)OCCCC[C@H](OCc3ccc(OC)cc3)[C@@H](C)C(=O)/C=C/C=C/C2)cc1. The number of ether oxygens (including phenoxy) is 5. The molecular formula is C38H46O7. The fourth-order valence-corrected chi connectivity index (χ4v) is 4.60. The average molecular weight is 615 g/mol. The molecule has 7 nitrogen and oxygen atoms in total. The van der Waals surface area contributed by atoms with E-state index in [1.54, 1.807) is 38.5 Å². The Kier molecular flexibility index (Phi) is 16.2. The minimum absolute atomic E-state index is 0.000105. The molecule has 2 aromatic rings. The average Bonchev–Trinajstić information content (AvgIpc) is 3.07. The highest BCUT2D eigenvalue weighted by Gasteiger charge is 2.23. The number of methoxy groups -OCH3 is 2. The van der Waals surface area contributed by atoms with Gasteiger partial charge in [0.1, 0.15) is 11.5 Å². The zero-order valence-electron chi connectivity index (χ0n) is 26.6. The summed E-state index contributed by atoms with van der Waals surface area (Å²) in [4.78, 5) is 25.2. The van der Waals surface area contributed by atoms with Gasteiger partial charge in [-0.3, -0.25) is 4.79 Å². The van der Waals surface area contributed by atoms with E-state index >= 15 is 0 Å². The molecule has 0 spiro atoms. The summed E-state index contributed by atoms with van der Waals surface area (Å²) in [6, 6.07) is 15.5. The van der Waals surface area contributed by atoms with E-state index in [0.717, 1.165) is 29.0 Å². The molecule has 240 valence electrons. The number of hydrogen-bond donors (Lipinski definition) is 0. The Hall–Kier alpha value is -4.20. The Morgan fingerprint density at radius 2 is 1.24 bits per heavy atom. The maximum absolute atomic E-state index is 13.1. The Morgan fingerprint density at radius 1 is 0.689 bits per heavy atom. The van der Waals surface area contributed by atoms with Crippen molar-refractivity contribution in [2.24, 2.45) is 5.92 Å². The van der Waals surface area contributed by atoms with Gasteiger partial charge in [0.15, 0.2) is 5.78 Å². The lowest BCUT2D eigenvalue weighted by Crippen LogP contribution is -2.27. The summed E-state index contributed by atoms with van der Waals surface area (Å²) in [6.07, 6.45) is 21.2. The summed E-state index contributed by atoms with van der Waals surface area (Å²) in [7, 11) is 3.28. The van der Waals surface area contributed by atoms with Crippen LogP contribution in [0.3, 0.4) is 0 Å². The van der Waals surface area contributed by atoms with Crippen LogP contribution in [0.15, 0.2) is 109 Å². The zero-order valence-corrected chi connectivity index (χ0v) is 26.6. The molecular weight excluding hydrogens is 568 g/mol. The quantitative estimate of drug-likeness (QED) is 0.282. The van der Waals surface area contributed by atoms with Gasteiger partial charge in [0.05, 0.1) is 46.2 Å². The van der Waals surface area contributed by atoms with Crippen molar-refractivity contribution in [1.82, 2.24) is 0 Å². The molecule has 1 heterocycles. The van der Waals surface area contributed by atoms with Crippen molar-refractivity contribution >= 4 is 11.8 Å². The highest BCUT2D eigenvalue weighted by molar-refractivity contribution is 5.92. The predicted octanol–water partition coefficient (Wildman–Crippen LogP) is 7.67. The molecule has 0 saturated carbocycles. The summed E-state index contributed by atoms with van der Waals surface area (Å²) in [5, 5.41) is 0. The lowest BCUT2D eigenvalue weighted by Gasteiger charge is -2.23. The number of allylic oxidation sites excluding steroid dienone is 7. The Labute approximate surface area is 267 Å². The van der Waals surface area contributed by atoms with Crippen LogP contribution in [0.25, 0.3) is 0 Å². The van der Waals surface area contributed by atoms with Crippen LogP contribution >= 0.6 is 0 Å². The summed E-state index contributed by atoms with van der Waals surface area (Å²) in [5.41, 5.74) is 2.06. The molecule has 0 fully saturated rings. The molecule has 1 aliphatic heterocycles. The first-order valence-corrected chi connectivity index (χ1v) is 15.5. The fourth-order valence-electron chi connectivity index (χ4n) is 4.60. The third kappa shape index (κ3) is 14.0. The first-order valence-electron chi connectivity index (χ1n) is 15.5. The van der Waals surface area contributed by atoms with Crippen molar-refractivity contribution in [2.75, 3.05) is 20.8 Å². The molecule has 2 aromatic carbocycles. The molecule has 0 saturated heterocycles. The maximum atomic E-state index is 13.1. The minimum Gasteiger partial charge on any atom is -0.497 e. The second-order valence-corrected chi connectivity index (χ2v) is 10.8. The van der Waals surface area contributed by atoms with Crippen LogP contribution in [0.1, 0.15) is 50.2 Å². The maximum Gasteiger partial charge on any atom is 0.330 e. The molecule has 0 aromatic heterocycles. The van der Waals surface area contributed by atoms with Crippen molar-refractivity contribution in [3.8, 4) is 11.5 Å². The van der Waals surface area contributed by atoms with Crippen molar-refractivity contribution in [1.29, 1.82) is 0 Å². The van der Waals surface area contributed by atoms with Crippen molar-refractivity contribution in [3.63, 3.8) is 0 Å². The first kappa shape index (κ1) is 35.3. The van der Waals surface area contributed by atoms with Gasteiger partial charge in [0.25, 0.3) is 0 Å². The van der Waals surface area contributed by atoms with Gasteiger partial charge in [0, 0.05) is 12.0 Å². The molecule has 0 amide bonds. The van der Waals surface area contributed by atoms with Gasteiger partial charge < -0.3 is 23.7 Å². The summed E-state index contributed by atoms with van der Waals surface area (Å²) < 4.78 is 28.3. The van der Waals surface area contributed by atoms with Crippen molar-refractivity contribution in [3.05, 3.63) is 120 Å². The summed E-state index contributed by atoms with van der Waals surface area (Å²) in [6.45, 7) is 3.07. The molecule has 3 rings (SSSR count). The van der Waals surface area contributed by atoms with Crippen molar-refractivity contribution in [2.45, 2.75) is 64.4 Å². The summed E-state index contributed by atoms with van der Waals surface area (Å²) in [5.74, 6) is 0.860. The number of cyclic esters (lactones) is 1. The lowest BCUT2D eigenvalue weighted by molar-refractivity contribution is -0.137. The molecule has 0 aliphatic carbocycles. The molecule has 0 unspecified atom stereocenters. The molecule has 0 N–H and O–H groups in total. The first-order chi connectivity index (χ1) is 22.0.